The number of carbonyl (C=O) groups excluding carboxylic acids is 1. The lowest BCUT2D eigenvalue weighted by Crippen LogP contribution is -2.47. The zero-order chi connectivity index (χ0) is 13.4. The van der Waals surface area contributed by atoms with Crippen LogP contribution in [-0.4, -0.2) is 53.1 Å². The van der Waals surface area contributed by atoms with E-state index in [0.29, 0.717) is 18.2 Å². The van der Waals surface area contributed by atoms with Crippen molar-refractivity contribution in [1.29, 1.82) is 0 Å². The number of hydrogen-bond acceptors (Lipinski definition) is 3. The first-order valence-electron chi connectivity index (χ1n) is 5.70. The molecule has 0 aliphatic carbocycles. The highest BCUT2D eigenvalue weighted by molar-refractivity contribution is 7.99. The van der Waals surface area contributed by atoms with Gasteiger partial charge in [0.2, 0.25) is 0 Å². The lowest BCUT2D eigenvalue weighted by molar-refractivity contribution is -0.141. The number of nitrogens with zero attached hydrogens (tertiary/aromatic N) is 1. The number of hydrogen-bond donors (Lipinski definition) is 2. The van der Waals surface area contributed by atoms with Crippen LogP contribution in [0.3, 0.4) is 0 Å². The molecule has 0 aliphatic heterocycles. The molecule has 2 atom stereocenters. The minimum Gasteiger partial charge on any atom is -0.480 e. The van der Waals surface area contributed by atoms with E-state index in [9.17, 15) is 9.59 Å². The number of carboxylic acids is 1. The number of likely N-dealkylation sites (N-methyl/N-ethyl adjacent to an activating group) is 1. The topological polar surface area (TPSA) is 69.6 Å². The second kappa shape index (κ2) is 8.22. The second-order valence-corrected chi connectivity index (χ2v) is 5.22. The minimum atomic E-state index is -0.970. The van der Waals surface area contributed by atoms with Gasteiger partial charge in [0.15, 0.2) is 0 Å². The first kappa shape index (κ1) is 16.1. The third kappa shape index (κ3) is 5.81. The van der Waals surface area contributed by atoms with Gasteiger partial charge in [0.1, 0.15) is 6.04 Å². The van der Waals surface area contributed by atoms with Crippen molar-refractivity contribution in [1.82, 2.24) is 10.2 Å². The van der Waals surface area contributed by atoms with E-state index in [-0.39, 0.29) is 6.03 Å². The van der Waals surface area contributed by atoms with Crippen LogP contribution in [0.2, 0.25) is 0 Å². The van der Waals surface area contributed by atoms with Gasteiger partial charge in [-0.1, -0.05) is 13.8 Å². The minimum absolute atomic E-state index is 0.326. The lowest BCUT2D eigenvalue weighted by Gasteiger charge is -2.24. The maximum absolute atomic E-state index is 11.7. The molecule has 6 heteroatoms. The third-order valence-corrected chi connectivity index (χ3v) is 3.73. The molecule has 2 N–H and O–H groups in total. The summed E-state index contributed by atoms with van der Waals surface area (Å²) >= 11 is 1.74. The predicted octanol–water partition coefficient (Wildman–Crippen LogP) is 1.63. The van der Waals surface area contributed by atoms with Crippen molar-refractivity contribution in [2.45, 2.75) is 38.0 Å². The van der Waals surface area contributed by atoms with Gasteiger partial charge in [0.25, 0.3) is 0 Å². The summed E-state index contributed by atoms with van der Waals surface area (Å²) in [5.74, 6) is -0.970. The Hall–Kier alpha value is -0.910. The summed E-state index contributed by atoms with van der Waals surface area (Å²) in [6.45, 7) is 4.41. The first-order valence-corrected chi connectivity index (χ1v) is 6.99. The second-order valence-electron chi connectivity index (χ2n) is 3.94. The zero-order valence-corrected chi connectivity index (χ0v) is 11.7. The fraction of sp³-hybridized carbons (Fsp3) is 0.818. The lowest BCUT2D eigenvalue weighted by atomic mass is 10.2. The van der Waals surface area contributed by atoms with Gasteiger partial charge in [-0.05, 0) is 19.1 Å². The molecule has 2 amide bonds. The normalized spacial score (nSPS) is 13.9. The molecule has 0 aromatic rings. The van der Waals surface area contributed by atoms with Crippen molar-refractivity contribution >= 4 is 23.8 Å². The smallest absolute Gasteiger partial charge is 0.326 e. The summed E-state index contributed by atoms with van der Waals surface area (Å²) in [7, 11) is 1.51. The van der Waals surface area contributed by atoms with Crippen LogP contribution in [0, 0.1) is 0 Å². The molecule has 0 bridgehead atoms. The Labute approximate surface area is 107 Å². The molecule has 0 fully saturated rings. The van der Waals surface area contributed by atoms with Gasteiger partial charge >= 0.3 is 12.0 Å². The van der Waals surface area contributed by atoms with E-state index in [1.807, 2.05) is 6.26 Å². The highest BCUT2D eigenvalue weighted by Crippen LogP contribution is 2.08. The van der Waals surface area contributed by atoms with Gasteiger partial charge < -0.3 is 15.3 Å². The van der Waals surface area contributed by atoms with Crippen LogP contribution in [0.15, 0.2) is 0 Å². The van der Waals surface area contributed by atoms with Crippen LogP contribution >= 0.6 is 11.8 Å². The van der Waals surface area contributed by atoms with E-state index in [0.717, 1.165) is 6.42 Å². The molecule has 0 aromatic carbocycles. The molecule has 2 unspecified atom stereocenters. The van der Waals surface area contributed by atoms with E-state index >= 15 is 0 Å². The molecular weight excluding hydrogens is 240 g/mol. The van der Waals surface area contributed by atoms with Crippen molar-refractivity contribution in [3.8, 4) is 0 Å². The fourth-order valence-electron chi connectivity index (χ4n) is 1.38. The molecule has 0 aromatic heterocycles. The Morgan fingerprint density at radius 1 is 1.47 bits per heavy atom. The van der Waals surface area contributed by atoms with Gasteiger partial charge in [-0.15, -0.1) is 0 Å². The number of thioether (sulfide) groups is 1. The van der Waals surface area contributed by atoms with Crippen LogP contribution in [0.5, 0.6) is 0 Å². The largest absolute Gasteiger partial charge is 0.480 e. The first-order chi connectivity index (χ1) is 7.93. The summed E-state index contributed by atoms with van der Waals surface area (Å²) in [4.78, 5) is 23.8. The Morgan fingerprint density at radius 3 is 2.47 bits per heavy atom. The molecule has 0 heterocycles. The van der Waals surface area contributed by atoms with E-state index < -0.39 is 12.0 Å². The van der Waals surface area contributed by atoms with Gasteiger partial charge in [0.05, 0.1) is 0 Å². The molecule has 0 spiro atoms. The molecule has 100 valence electrons. The highest BCUT2D eigenvalue weighted by atomic mass is 32.2. The highest BCUT2D eigenvalue weighted by Gasteiger charge is 2.24. The molecular formula is C11H22N2O3S. The summed E-state index contributed by atoms with van der Waals surface area (Å²) in [5.41, 5.74) is 0. The maximum atomic E-state index is 11.7. The van der Waals surface area contributed by atoms with Crippen molar-refractivity contribution in [2.75, 3.05) is 19.8 Å². The number of aliphatic carboxylic acids is 1. The molecule has 17 heavy (non-hydrogen) atoms. The van der Waals surface area contributed by atoms with Crippen LogP contribution in [0.4, 0.5) is 4.79 Å². The number of rotatable bonds is 7. The third-order valence-electron chi connectivity index (χ3n) is 2.69. The Kier molecular flexibility index (Phi) is 7.78. The standard InChI is InChI=1S/C11H22N2O3S/c1-5-9(10(14)15)13(3)11(16)12-7-6-8(2)17-4/h8-9H,5-7H2,1-4H3,(H,12,16)(H,14,15). The number of amides is 2. The Morgan fingerprint density at radius 2 is 2.06 bits per heavy atom. The summed E-state index contributed by atoms with van der Waals surface area (Å²) < 4.78 is 0. The van der Waals surface area contributed by atoms with E-state index in [2.05, 4.69) is 12.2 Å². The maximum Gasteiger partial charge on any atom is 0.326 e. The number of nitrogens with one attached hydrogen (secondary N) is 1. The Bertz CT molecular complexity index is 261. The van der Waals surface area contributed by atoms with E-state index in [1.165, 1.54) is 11.9 Å². The number of urea groups is 1. The molecule has 5 nitrogen and oxygen atoms in total. The number of carboxylic acid groups (broad SMARTS) is 1. The summed E-state index contributed by atoms with van der Waals surface area (Å²) in [5, 5.41) is 12.1. The molecule has 0 aliphatic rings. The summed E-state index contributed by atoms with van der Waals surface area (Å²) in [6.07, 6.45) is 3.31. The van der Waals surface area contributed by atoms with Crippen molar-refractivity contribution in [2.24, 2.45) is 0 Å². The van der Waals surface area contributed by atoms with Gasteiger partial charge in [-0.3, -0.25) is 0 Å². The molecule has 0 radical (unpaired) electrons. The molecule has 0 saturated carbocycles. The van der Waals surface area contributed by atoms with Gasteiger partial charge in [0, 0.05) is 18.8 Å². The fourth-order valence-corrected chi connectivity index (χ4v) is 1.73. The van der Waals surface area contributed by atoms with Crippen LogP contribution in [0.25, 0.3) is 0 Å². The van der Waals surface area contributed by atoms with Crippen LogP contribution in [-0.2, 0) is 4.79 Å². The molecule has 0 saturated heterocycles. The average Bonchev–Trinajstić information content (AvgIpc) is 2.28. The molecule has 0 rings (SSSR count). The van der Waals surface area contributed by atoms with Crippen molar-refractivity contribution in [3.63, 3.8) is 0 Å². The van der Waals surface area contributed by atoms with E-state index in [1.54, 1.807) is 18.7 Å². The SMILES string of the molecule is CCC(C(=O)O)N(C)C(=O)NCCC(C)SC. The monoisotopic (exact) mass is 262 g/mol. The van der Waals surface area contributed by atoms with Crippen molar-refractivity contribution < 1.29 is 14.7 Å². The quantitative estimate of drug-likeness (QED) is 0.731. The number of carbonyl (C=O) groups is 2. The van der Waals surface area contributed by atoms with Crippen molar-refractivity contribution in [3.05, 3.63) is 0 Å². The van der Waals surface area contributed by atoms with Crippen LogP contribution < -0.4 is 5.32 Å². The zero-order valence-electron chi connectivity index (χ0n) is 10.9. The van der Waals surface area contributed by atoms with E-state index in [4.69, 9.17) is 5.11 Å². The van der Waals surface area contributed by atoms with Crippen LogP contribution in [0.1, 0.15) is 26.7 Å². The predicted molar refractivity (Wildman–Crippen MR) is 70.5 cm³/mol. The summed E-state index contributed by atoms with van der Waals surface area (Å²) in [6, 6.07) is -1.08. The van der Waals surface area contributed by atoms with Gasteiger partial charge in [-0.25, -0.2) is 9.59 Å². The average molecular weight is 262 g/mol. The Balaban J connectivity index is 4.08. The van der Waals surface area contributed by atoms with Gasteiger partial charge in [-0.2, -0.15) is 11.8 Å².